The van der Waals surface area contributed by atoms with Crippen LogP contribution in [0.3, 0.4) is 0 Å². The standard InChI is InChI=1S/C19H22N2O5S/c1-13(2)11-20(10-9-18(23)24)17(22)12-21-15-7-3-5-14-6-4-8-16(19(14)15)27(21,25)26/h3-8,13H,9-12H2,1-2H3,(H,23,24). The van der Waals surface area contributed by atoms with Crippen LogP contribution in [0.25, 0.3) is 10.8 Å². The first-order valence-corrected chi connectivity index (χ1v) is 10.2. The highest BCUT2D eigenvalue weighted by atomic mass is 32.2. The Morgan fingerprint density at radius 3 is 2.44 bits per heavy atom. The Hall–Kier alpha value is -2.61. The third-order valence-corrected chi connectivity index (χ3v) is 6.30. The van der Waals surface area contributed by atoms with Crippen molar-refractivity contribution in [3.63, 3.8) is 0 Å². The Bertz CT molecular complexity index is 995. The summed E-state index contributed by atoms with van der Waals surface area (Å²) < 4.78 is 27.1. The molecule has 1 aliphatic rings. The van der Waals surface area contributed by atoms with Crippen molar-refractivity contribution in [2.75, 3.05) is 23.9 Å². The molecule has 0 unspecified atom stereocenters. The van der Waals surface area contributed by atoms with Gasteiger partial charge in [-0.2, -0.15) is 0 Å². The van der Waals surface area contributed by atoms with E-state index in [2.05, 4.69) is 0 Å². The van der Waals surface area contributed by atoms with Crippen molar-refractivity contribution in [3.8, 4) is 0 Å². The number of sulfonamides is 1. The van der Waals surface area contributed by atoms with Gasteiger partial charge in [-0.1, -0.05) is 38.1 Å². The molecular weight excluding hydrogens is 368 g/mol. The average molecular weight is 390 g/mol. The zero-order valence-corrected chi connectivity index (χ0v) is 16.1. The van der Waals surface area contributed by atoms with Gasteiger partial charge in [0.15, 0.2) is 0 Å². The van der Waals surface area contributed by atoms with Crippen LogP contribution in [-0.4, -0.2) is 49.9 Å². The van der Waals surface area contributed by atoms with Crippen LogP contribution in [0, 0.1) is 5.92 Å². The number of rotatable bonds is 7. The lowest BCUT2D eigenvalue weighted by atomic mass is 10.1. The van der Waals surface area contributed by atoms with Crippen LogP contribution in [0.4, 0.5) is 5.69 Å². The van der Waals surface area contributed by atoms with Crippen LogP contribution in [0.2, 0.25) is 0 Å². The summed E-state index contributed by atoms with van der Waals surface area (Å²) >= 11 is 0. The maximum Gasteiger partial charge on any atom is 0.305 e. The minimum absolute atomic E-state index is 0.0530. The zero-order valence-electron chi connectivity index (χ0n) is 15.3. The first-order valence-electron chi connectivity index (χ1n) is 8.76. The number of carbonyl (C=O) groups excluding carboxylic acids is 1. The van der Waals surface area contributed by atoms with Crippen molar-refractivity contribution >= 4 is 38.4 Å². The summed E-state index contributed by atoms with van der Waals surface area (Å²) in [6, 6.07) is 10.3. The molecular formula is C19H22N2O5S. The molecule has 2 aromatic rings. The topological polar surface area (TPSA) is 95.0 Å². The SMILES string of the molecule is CC(C)CN(CCC(=O)O)C(=O)CN1c2cccc3cccc(c23)S1(=O)=O. The summed E-state index contributed by atoms with van der Waals surface area (Å²) in [6.45, 7) is 3.92. The van der Waals surface area contributed by atoms with Crippen LogP contribution in [-0.2, 0) is 19.6 Å². The molecule has 7 nitrogen and oxygen atoms in total. The highest BCUT2D eigenvalue weighted by Crippen LogP contribution is 2.41. The van der Waals surface area contributed by atoms with Crippen LogP contribution < -0.4 is 4.31 Å². The summed E-state index contributed by atoms with van der Waals surface area (Å²) in [5.41, 5.74) is 0.485. The lowest BCUT2D eigenvalue weighted by molar-refractivity contribution is -0.138. The average Bonchev–Trinajstić information content (AvgIpc) is 2.81. The molecule has 1 amide bonds. The van der Waals surface area contributed by atoms with Gasteiger partial charge in [0.25, 0.3) is 10.0 Å². The quantitative estimate of drug-likeness (QED) is 0.783. The molecule has 1 heterocycles. The fourth-order valence-electron chi connectivity index (χ4n) is 3.34. The Morgan fingerprint density at radius 2 is 1.81 bits per heavy atom. The summed E-state index contributed by atoms with van der Waals surface area (Å²) in [5.74, 6) is -1.26. The molecule has 144 valence electrons. The van der Waals surface area contributed by atoms with E-state index in [1.54, 1.807) is 24.3 Å². The van der Waals surface area contributed by atoms with Crippen molar-refractivity contribution in [2.45, 2.75) is 25.2 Å². The maximum absolute atomic E-state index is 13.0. The predicted molar refractivity (Wildman–Crippen MR) is 102 cm³/mol. The minimum atomic E-state index is -3.82. The number of carboxylic acid groups (broad SMARTS) is 1. The van der Waals surface area contributed by atoms with Crippen molar-refractivity contribution in [1.29, 1.82) is 0 Å². The van der Waals surface area contributed by atoms with E-state index in [0.29, 0.717) is 17.6 Å². The Morgan fingerprint density at radius 1 is 1.15 bits per heavy atom. The zero-order chi connectivity index (χ0) is 19.8. The number of hydrogen-bond donors (Lipinski definition) is 1. The lowest BCUT2D eigenvalue weighted by Gasteiger charge is -2.27. The van der Waals surface area contributed by atoms with Crippen molar-refractivity contribution in [3.05, 3.63) is 36.4 Å². The molecule has 0 spiro atoms. The third kappa shape index (κ3) is 3.62. The van der Waals surface area contributed by atoms with E-state index in [1.807, 2.05) is 26.0 Å². The van der Waals surface area contributed by atoms with Crippen LogP contribution in [0.5, 0.6) is 0 Å². The Balaban J connectivity index is 1.91. The van der Waals surface area contributed by atoms with E-state index >= 15 is 0 Å². The Kier molecular flexibility index (Phi) is 5.10. The van der Waals surface area contributed by atoms with E-state index in [1.165, 1.54) is 4.90 Å². The van der Waals surface area contributed by atoms with Gasteiger partial charge < -0.3 is 10.0 Å². The predicted octanol–water partition coefficient (Wildman–Crippen LogP) is 2.31. The van der Waals surface area contributed by atoms with Crippen molar-refractivity contribution in [1.82, 2.24) is 4.90 Å². The second-order valence-corrected chi connectivity index (χ2v) is 8.85. The number of carboxylic acids is 1. The van der Waals surface area contributed by atoms with Gasteiger partial charge in [0.05, 0.1) is 17.0 Å². The summed E-state index contributed by atoms with van der Waals surface area (Å²) in [6.07, 6.45) is -0.180. The smallest absolute Gasteiger partial charge is 0.305 e. The fourth-order valence-corrected chi connectivity index (χ4v) is 5.00. The normalized spacial score (nSPS) is 14.7. The first kappa shape index (κ1) is 19.2. The van der Waals surface area contributed by atoms with Gasteiger partial charge in [0, 0.05) is 18.5 Å². The van der Waals surface area contributed by atoms with Crippen LogP contribution >= 0.6 is 0 Å². The molecule has 1 aliphatic heterocycles. The monoisotopic (exact) mass is 390 g/mol. The third-order valence-electron chi connectivity index (χ3n) is 4.49. The van der Waals surface area contributed by atoms with Crippen LogP contribution in [0.1, 0.15) is 20.3 Å². The van der Waals surface area contributed by atoms with E-state index in [9.17, 15) is 18.0 Å². The second kappa shape index (κ2) is 7.19. The van der Waals surface area contributed by atoms with Gasteiger partial charge in [-0.05, 0) is 23.4 Å². The molecule has 8 heteroatoms. The van der Waals surface area contributed by atoms with Gasteiger partial charge in [0.2, 0.25) is 5.91 Å². The first-order chi connectivity index (χ1) is 12.7. The van der Waals surface area contributed by atoms with Crippen molar-refractivity contribution < 1.29 is 23.1 Å². The van der Waals surface area contributed by atoms with Gasteiger partial charge in [-0.3, -0.25) is 13.9 Å². The largest absolute Gasteiger partial charge is 0.481 e. The summed E-state index contributed by atoms with van der Waals surface area (Å²) in [5, 5.41) is 10.3. The lowest BCUT2D eigenvalue weighted by Crippen LogP contribution is -2.43. The number of hydrogen-bond acceptors (Lipinski definition) is 4. The number of benzene rings is 2. The van der Waals surface area contributed by atoms with E-state index < -0.39 is 21.9 Å². The molecule has 0 atom stereocenters. The van der Waals surface area contributed by atoms with Gasteiger partial charge in [0.1, 0.15) is 6.54 Å². The molecule has 0 saturated heterocycles. The molecule has 0 aliphatic carbocycles. The molecule has 0 radical (unpaired) electrons. The maximum atomic E-state index is 13.0. The second-order valence-electron chi connectivity index (χ2n) is 7.02. The molecule has 3 rings (SSSR count). The van der Waals surface area contributed by atoms with E-state index in [4.69, 9.17) is 5.11 Å². The number of aliphatic carboxylic acids is 1. The van der Waals surface area contributed by atoms with Crippen molar-refractivity contribution in [2.24, 2.45) is 5.92 Å². The molecule has 0 bridgehead atoms. The minimum Gasteiger partial charge on any atom is -0.481 e. The molecule has 27 heavy (non-hydrogen) atoms. The number of nitrogens with zero attached hydrogens (tertiary/aromatic N) is 2. The van der Waals surface area contributed by atoms with Gasteiger partial charge in [-0.15, -0.1) is 0 Å². The van der Waals surface area contributed by atoms with E-state index in [-0.39, 0.29) is 30.3 Å². The van der Waals surface area contributed by atoms with Gasteiger partial charge >= 0.3 is 5.97 Å². The van der Waals surface area contributed by atoms with Crippen LogP contribution in [0.15, 0.2) is 41.3 Å². The number of anilines is 1. The van der Waals surface area contributed by atoms with Gasteiger partial charge in [-0.25, -0.2) is 8.42 Å². The molecule has 2 aromatic carbocycles. The molecule has 0 saturated carbocycles. The number of carbonyl (C=O) groups is 2. The molecule has 0 aromatic heterocycles. The number of amides is 1. The molecule has 0 fully saturated rings. The summed E-state index contributed by atoms with van der Waals surface area (Å²) in [4.78, 5) is 25.3. The Labute approximate surface area is 158 Å². The molecule has 1 N–H and O–H groups in total. The fraction of sp³-hybridized carbons (Fsp3) is 0.368. The highest BCUT2D eigenvalue weighted by Gasteiger charge is 2.37. The van der Waals surface area contributed by atoms with E-state index in [0.717, 1.165) is 9.69 Å². The highest BCUT2D eigenvalue weighted by molar-refractivity contribution is 7.93. The summed E-state index contributed by atoms with van der Waals surface area (Å²) in [7, 11) is -3.82.